The van der Waals surface area contributed by atoms with Gasteiger partial charge in [-0.1, -0.05) is 25.1 Å². The fraction of sp³-hybridized carbons (Fsp3) is 0.333. The lowest BCUT2D eigenvalue weighted by Gasteiger charge is -2.04. The lowest BCUT2D eigenvalue weighted by atomic mass is 10.4. The predicted octanol–water partition coefficient (Wildman–Crippen LogP) is 2.73. The molecule has 0 saturated heterocycles. The van der Waals surface area contributed by atoms with Gasteiger partial charge in [0.1, 0.15) is 5.25 Å². The van der Waals surface area contributed by atoms with Crippen LogP contribution >= 0.6 is 11.8 Å². The van der Waals surface area contributed by atoms with Gasteiger partial charge in [0, 0.05) is 11.3 Å². The van der Waals surface area contributed by atoms with Crippen LogP contribution in [0.3, 0.4) is 0 Å². The number of thioether (sulfide) groups is 1. The van der Waals surface area contributed by atoms with Crippen molar-refractivity contribution in [2.75, 3.05) is 0 Å². The minimum Gasteiger partial charge on any atom is -0.481 e. The topological polar surface area (TPSA) is 74.6 Å². The average molecular weight is 256 g/mol. The first-order valence-corrected chi connectivity index (χ1v) is 6.01. The summed E-state index contributed by atoms with van der Waals surface area (Å²) in [6.45, 7) is 3.28. The summed E-state index contributed by atoms with van der Waals surface area (Å²) in [5, 5.41) is 16.0. The van der Waals surface area contributed by atoms with Gasteiger partial charge in [-0.05, 0) is 19.1 Å². The molecule has 0 aliphatic rings. The van der Waals surface area contributed by atoms with E-state index in [4.69, 9.17) is 10.2 Å². The van der Waals surface area contributed by atoms with Crippen molar-refractivity contribution in [2.45, 2.75) is 30.4 Å². The van der Waals surface area contributed by atoms with E-state index in [0.717, 1.165) is 4.90 Å². The van der Waals surface area contributed by atoms with Gasteiger partial charge in [-0.3, -0.25) is 9.59 Å². The number of rotatable bonds is 4. The molecular weight excluding hydrogens is 240 g/mol. The zero-order valence-electron chi connectivity index (χ0n) is 9.79. The van der Waals surface area contributed by atoms with Crippen molar-refractivity contribution in [2.24, 2.45) is 0 Å². The van der Waals surface area contributed by atoms with Gasteiger partial charge < -0.3 is 10.2 Å². The normalized spacial score (nSPS) is 10.9. The molecule has 0 saturated carbocycles. The van der Waals surface area contributed by atoms with E-state index in [-0.39, 0.29) is 11.7 Å². The summed E-state index contributed by atoms with van der Waals surface area (Å²) in [5.41, 5.74) is 0. The Labute approximate surface area is 105 Å². The van der Waals surface area contributed by atoms with Crippen LogP contribution in [0.25, 0.3) is 0 Å². The summed E-state index contributed by atoms with van der Waals surface area (Å²) in [7, 11) is 0. The number of aliphatic carboxylic acids is 2. The van der Waals surface area contributed by atoms with Crippen molar-refractivity contribution in [1.82, 2.24) is 0 Å². The first-order chi connectivity index (χ1) is 7.97. The molecule has 4 nitrogen and oxygen atoms in total. The van der Waals surface area contributed by atoms with Crippen molar-refractivity contribution in [3.63, 3.8) is 0 Å². The van der Waals surface area contributed by atoms with Crippen LogP contribution in [0.15, 0.2) is 35.2 Å². The van der Waals surface area contributed by atoms with E-state index < -0.39 is 11.9 Å². The number of benzene rings is 1. The van der Waals surface area contributed by atoms with Crippen molar-refractivity contribution in [1.29, 1.82) is 0 Å². The van der Waals surface area contributed by atoms with Gasteiger partial charge in [0.15, 0.2) is 0 Å². The third-order valence-electron chi connectivity index (χ3n) is 1.71. The Balaban J connectivity index is 0.000000437. The SMILES string of the molecule is CC(Sc1ccccc1)C(=O)O.CCC(=O)O. The Morgan fingerprint density at radius 2 is 1.71 bits per heavy atom. The summed E-state index contributed by atoms with van der Waals surface area (Å²) in [6, 6.07) is 9.53. The second-order valence-corrected chi connectivity index (χ2v) is 4.57. The maximum Gasteiger partial charge on any atom is 0.316 e. The van der Waals surface area contributed by atoms with E-state index in [1.54, 1.807) is 13.8 Å². The minimum atomic E-state index is -0.774. The number of carboxylic acids is 2. The molecule has 0 aromatic heterocycles. The van der Waals surface area contributed by atoms with Gasteiger partial charge in [-0.15, -0.1) is 11.8 Å². The van der Waals surface area contributed by atoms with E-state index in [1.807, 2.05) is 30.3 Å². The first kappa shape index (κ1) is 15.5. The summed E-state index contributed by atoms with van der Waals surface area (Å²) in [5.74, 6) is -1.52. The van der Waals surface area contributed by atoms with E-state index in [0.29, 0.717) is 0 Å². The highest BCUT2D eigenvalue weighted by atomic mass is 32.2. The molecule has 94 valence electrons. The van der Waals surface area contributed by atoms with Crippen molar-refractivity contribution in [3.05, 3.63) is 30.3 Å². The lowest BCUT2D eigenvalue weighted by Crippen LogP contribution is -2.10. The Bertz CT molecular complexity index is 351. The largest absolute Gasteiger partial charge is 0.481 e. The van der Waals surface area contributed by atoms with Gasteiger partial charge in [0.25, 0.3) is 0 Å². The maximum atomic E-state index is 10.5. The molecule has 1 unspecified atom stereocenters. The van der Waals surface area contributed by atoms with Crippen LogP contribution in [0.1, 0.15) is 20.3 Å². The predicted molar refractivity (Wildman–Crippen MR) is 67.3 cm³/mol. The molecule has 0 radical (unpaired) electrons. The fourth-order valence-corrected chi connectivity index (χ4v) is 1.58. The van der Waals surface area contributed by atoms with Crippen molar-refractivity contribution in [3.8, 4) is 0 Å². The zero-order chi connectivity index (χ0) is 13.3. The number of carbonyl (C=O) groups is 2. The Morgan fingerprint density at radius 3 is 2.06 bits per heavy atom. The van der Waals surface area contributed by atoms with Crippen molar-refractivity contribution < 1.29 is 19.8 Å². The van der Waals surface area contributed by atoms with Gasteiger partial charge in [-0.25, -0.2) is 0 Å². The molecule has 0 spiro atoms. The standard InChI is InChI=1S/C9H10O2S.C3H6O2/c1-7(9(10)11)12-8-5-3-2-4-6-8;1-2-3(4)5/h2-7H,1H3,(H,10,11);2H2,1H3,(H,4,5). The summed E-state index contributed by atoms with van der Waals surface area (Å²) in [6.07, 6.45) is 0.222. The molecule has 0 aliphatic heterocycles. The van der Waals surface area contributed by atoms with Gasteiger partial charge in [0.2, 0.25) is 0 Å². The first-order valence-electron chi connectivity index (χ1n) is 5.13. The number of carboxylic acid groups (broad SMARTS) is 2. The highest BCUT2D eigenvalue weighted by Crippen LogP contribution is 2.22. The van der Waals surface area contributed by atoms with Gasteiger partial charge in [0.05, 0.1) is 0 Å². The number of hydrogen-bond acceptors (Lipinski definition) is 3. The molecule has 1 rings (SSSR count). The Morgan fingerprint density at radius 1 is 1.24 bits per heavy atom. The summed E-state index contributed by atoms with van der Waals surface area (Å²) in [4.78, 5) is 20.8. The summed E-state index contributed by atoms with van der Waals surface area (Å²) < 4.78 is 0. The maximum absolute atomic E-state index is 10.5. The molecule has 1 aromatic carbocycles. The monoisotopic (exact) mass is 256 g/mol. The molecule has 17 heavy (non-hydrogen) atoms. The molecule has 1 atom stereocenters. The quantitative estimate of drug-likeness (QED) is 0.810. The molecule has 5 heteroatoms. The molecule has 1 aromatic rings. The minimum absolute atomic E-state index is 0.222. The molecular formula is C12H16O4S. The van der Waals surface area contributed by atoms with E-state index in [2.05, 4.69) is 0 Å². The van der Waals surface area contributed by atoms with Crippen LogP contribution in [-0.4, -0.2) is 27.4 Å². The third kappa shape index (κ3) is 8.33. The van der Waals surface area contributed by atoms with E-state index in [1.165, 1.54) is 11.8 Å². The van der Waals surface area contributed by atoms with Crippen LogP contribution in [-0.2, 0) is 9.59 Å². The second-order valence-electron chi connectivity index (χ2n) is 3.16. The third-order valence-corrected chi connectivity index (χ3v) is 2.81. The van der Waals surface area contributed by atoms with Crippen LogP contribution in [0, 0.1) is 0 Å². The number of hydrogen-bond donors (Lipinski definition) is 2. The van der Waals surface area contributed by atoms with Crippen molar-refractivity contribution >= 4 is 23.7 Å². The lowest BCUT2D eigenvalue weighted by molar-refractivity contribution is -0.137. The molecule has 0 fully saturated rings. The van der Waals surface area contributed by atoms with E-state index in [9.17, 15) is 9.59 Å². The zero-order valence-corrected chi connectivity index (χ0v) is 10.6. The van der Waals surface area contributed by atoms with Gasteiger partial charge in [-0.2, -0.15) is 0 Å². The molecule has 0 amide bonds. The highest BCUT2D eigenvalue weighted by molar-refractivity contribution is 8.00. The summed E-state index contributed by atoms with van der Waals surface area (Å²) >= 11 is 1.35. The van der Waals surface area contributed by atoms with Crippen LogP contribution in [0.2, 0.25) is 0 Å². The van der Waals surface area contributed by atoms with E-state index >= 15 is 0 Å². The average Bonchev–Trinajstić information content (AvgIpc) is 2.31. The van der Waals surface area contributed by atoms with Crippen LogP contribution < -0.4 is 0 Å². The molecule has 0 aliphatic carbocycles. The Kier molecular flexibility index (Phi) is 7.88. The van der Waals surface area contributed by atoms with Crippen LogP contribution in [0.4, 0.5) is 0 Å². The fourth-order valence-electron chi connectivity index (χ4n) is 0.754. The van der Waals surface area contributed by atoms with Crippen LogP contribution in [0.5, 0.6) is 0 Å². The second kappa shape index (κ2) is 8.64. The Hall–Kier alpha value is -1.49. The molecule has 2 N–H and O–H groups in total. The smallest absolute Gasteiger partial charge is 0.316 e. The molecule has 0 bridgehead atoms. The van der Waals surface area contributed by atoms with Gasteiger partial charge >= 0.3 is 11.9 Å². The highest BCUT2D eigenvalue weighted by Gasteiger charge is 2.11. The molecule has 0 heterocycles.